The molecule has 120 valence electrons. The Hall–Kier alpha value is -1.03. The van der Waals surface area contributed by atoms with E-state index in [4.69, 9.17) is 5.26 Å². The van der Waals surface area contributed by atoms with Crippen LogP contribution in [0.1, 0.15) is 24.8 Å². The Kier molecular flexibility index (Phi) is 5.90. The highest BCUT2D eigenvalue weighted by atomic mass is 32.2. The molecule has 1 aromatic rings. The van der Waals surface area contributed by atoms with Crippen LogP contribution in [0.4, 0.5) is 0 Å². The normalized spacial score (nSPS) is 21.9. The molecule has 1 aromatic carbocycles. The molecule has 0 heterocycles. The summed E-state index contributed by atoms with van der Waals surface area (Å²) in [5.41, 5.74) is 0.477. The van der Waals surface area contributed by atoms with Gasteiger partial charge >= 0.3 is 0 Å². The lowest BCUT2D eigenvalue weighted by atomic mass is 10.2. The van der Waals surface area contributed by atoms with Gasteiger partial charge in [0.2, 0.25) is 0 Å². The molecule has 0 bridgehead atoms. The van der Waals surface area contributed by atoms with Gasteiger partial charge in [-0.2, -0.15) is 17.0 Å². The van der Waals surface area contributed by atoms with Gasteiger partial charge in [-0.25, -0.2) is 8.42 Å². The minimum absolute atomic E-state index is 0.118. The number of benzene rings is 1. The largest absolute Gasteiger partial charge is 0.301 e. The summed E-state index contributed by atoms with van der Waals surface area (Å²) in [6.45, 7) is 0.546. The summed E-state index contributed by atoms with van der Waals surface area (Å²) < 4.78 is 24.8. The van der Waals surface area contributed by atoms with E-state index in [0.717, 1.165) is 6.42 Å². The molecule has 0 amide bonds. The average molecular weight is 338 g/mol. The van der Waals surface area contributed by atoms with Crippen molar-refractivity contribution < 1.29 is 8.42 Å². The monoisotopic (exact) mass is 338 g/mol. The Balaban J connectivity index is 1.98. The van der Waals surface area contributed by atoms with Crippen molar-refractivity contribution in [3.63, 3.8) is 0 Å². The molecule has 1 saturated carbocycles. The summed E-state index contributed by atoms with van der Waals surface area (Å²) in [4.78, 5) is 2.49. The van der Waals surface area contributed by atoms with Gasteiger partial charge in [-0.1, -0.05) is 6.42 Å². The Bertz CT molecular complexity index is 635. The quantitative estimate of drug-likeness (QED) is 0.798. The molecule has 1 fully saturated rings. The zero-order chi connectivity index (χ0) is 16.2. The molecule has 0 N–H and O–H groups in total. The zero-order valence-electron chi connectivity index (χ0n) is 13.0. The maximum Gasteiger partial charge on any atom is 0.179 e. The maximum atomic E-state index is 12.4. The second-order valence-corrected chi connectivity index (χ2v) is 8.89. The van der Waals surface area contributed by atoms with E-state index in [0.29, 0.717) is 28.3 Å². The van der Waals surface area contributed by atoms with Crippen LogP contribution in [0.2, 0.25) is 0 Å². The molecule has 0 aromatic heterocycles. The molecule has 0 aliphatic heterocycles. The zero-order valence-corrected chi connectivity index (χ0v) is 14.7. The molecule has 0 spiro atoms. The topological polar surface area (TPSA) is 61.2 Å². The summed E-state index contributed by atoms with van der Waals surface area (Å²) in [5, 5.41) is 9.38. The van der Waals surface area contributed by atoms with E-state index in [1.165, 1.54) is 25.0 Å². The van der Waals surface area contributed by atoms with Gasteiger partial charge in [-0.3, -0.25) is 0 Å². The summed E-state index contributed by atoms with van der Waals surface area (Å²) in [6.07, 6.45) is 5.73. The van der Waals surface area contributed by atoms with Gasteiger partial charge in [-0.05, 0) is 50.4 Å². The van der Waals surface area contributed by atoms with Crippen LogP contribution in [-0.4, -0.2) is 50.2 Å². The fourth-order valence-corrected chi connectivity index (χ4v) is 5.35. The van der Waals surface area contributed by atoms with Crippen LogP contribution < -0.4 is 0 Å². The van der Waals surface area contributed by atoms with Crippen molar-refractivity contribution in [3.8, 4) is 6.07 Å². The van der Waals surface area contributed by atoms with Crippen molar-refractivity contribution >= 4 is 21.6 Å². The molecular formula is C16H22N2O2S2. The van der Waals surface area contributed by atoms with Gasteiger partial charge in [-0.15, -0.1) is 0 Å². The first kappa shape index (κ1) is 17.3. The smallest absolute Gasteiger partial charge is 0.179 e. The highest BCUT2D eigenvalue weighted by Crippen LogP contribution is 2.31. The van der Waals surface area contributed by atoms with E-state index in [-0.39, 0.29) is 5.75 Å². The van der Waals surface area contributed by atoms with E-state index < -0.39 is 9.84 Å². The highest BCUT2D eigenvalue weighted by Gasteiger charge is 2.30. The third-order valence-electron chi connectivity index (χ3n) is 4.34. The second kappa shape index (κ2) is 7.49. The second-order valence-electron chi connectivity index (χ2n) is 5.71. The van der Waals surface area contributed by atoms with Gasteiger partial charge in [0.25, 0.3) is 0 Å². The number of nitriles is 1. The molecule has 22 heavy (non-hydrogen) atoms. The van der Waals surface area contributed by atoms with Gasteiger partial charge in [0.1, 0.15) is 0 Å². The number of sulfone groups is 1. The van der Waals surface area contributed by atoms with Crippen molar-refractivity contribution in [1.82, 2.24) is 4.90 Å². The summed E-state index contributed by atoms with van der Waals surface area (Å²) in [6, 6.07) is 8.63. The Labute approximate surface area is 137 Å². The fraction of sp³-hybridized carbons (Fsp3) is 0.562. The number of hydrogen-bond donors (Lipinski definition) is 0. The Morgan fingerprint density at radius 3 is 2.59 bits per heavy atom. The predicted molar refractivity (Wildman–Crippen MR) is 90.8 cm³/mol. The number of nitrogens with zero attached hydrogens (tertiary/aromatic N) is 2. The van der Waals surface area contributed by atoms with Crippen LogP contribution in [0.3, 0.4) is 0 Å². The summed E-state index contributed by atoms with van der Waals surface area (Å²) in [7, 11) is -1.27. The third-order valence-corrected chi connectivity index (χ3v) is 7.21. The van der Waals surface area contributed by atoms with Gasteiger partial charge in [0, 0.05) is 17.8 Å². The lowest BCUT2D eigenvalue weighted by Gasteiger charge is -2.28. The number of rotatable bonds is 6. The predicted octanol–water partition coefficient (Wildman–Crippen LogP) is 2.55. The molecule has 0 radical (unpaired) electrons. The average Bonchev–Trinajstić information content (AvgIpc) is 3.01. The van der Waals surface area contributed by atoms with Crippen molar-refractivity contribution in [2.24, 2.45) is 0 Å². The van der Waals surface area contributed by atoms with Crippen LogP contribution in [-0.2, 0) is 9.84 Å². The van der Waals surface area contributed by atoms with Crippen LogP contribution in [0.15, 0.2) is 29.2 Å². The molecular weight excluding hydrogens is 316 g/mol. The molecule has 0 saturated heterocycles. The third kappa shape index (κ3) is 4.03. The lowest BCUT2D eigenvalue weighted by molar-refractivity contribution is 0.264. The number of thioether (sulfide) groups is 1. The van der Waals surface area contributed by atoms with Gasteiger partial charge in [0.15, 0.2) is 9.84 Å². The highest BCUT2D eigenvalue weighted by molar-refractivity contribution is 7.99. The lowest BCUT2D eigenvalue weighted by Crippen LogP contribution is -2.38. The van der Waals surface area contributed by atoms with Crippen LogP contribution in [0, 0.1) is 11.3 Å². The molecule has 0 unspecified atom stereocenters. The van der Waals surface area contributed by atoms with Crippen LogP contribution >= 0.6 is 11.8 Å². The van der Waals surface area contributed by atoms with Crippen molar-refractivity contribution in [2.45, 2.75) is 35.4 Å². The van der Waals surface area contributed by atoms with E-state index in [1.54, 1.807) is 12.1 Å². The maximum absolute atomic E-state index is 12.4. The van der Waals surface area contributed by atoms with E-state index in [2.05, 4.69) is 11.2 Å². The van der Waals surface area contributed by atoms with Crippen molar-refractivity contribution in [1.29, 1.82) is 5.26 Å². The first-order chi connectivity index (χ1) is 10.5. The minimum Gasteiger partial charge on any atom is -0.301 e. The summed E-state index contributed by atoms with van der Waals surface area (Å²) in [5.74, 6) is 0.118. The molecule has 1 aliphatic carbocycles. The Morgan fingerprint density at radius 2 is 2.00 bits per heavy atom. The summed E-state index contributed by atoms with van der Waals surface area (Å²) >= 11 is 1.88. The first-order valence-electron chi connectivity index (χ1n) is 7.44. The molecule has 6 heteroatoms. The van der Waals surface area contributed by atoms with Gasteiger partial charge < -0.3 is 4.90 Å². The number of hydrogen-bond acceptors (Lipinski definition) is 5. The van der Waals surface area contributed by atoms with Crippen molar-refractivity contribution in [3.05, 3.63) is 29.8 Å². The SMILES string of the molecule is CS[C@H]1CCC[C@H]1N(C)CCS(=O)(=O)c1ccc(C#N)cc1. The van der Waals surface area contributed by atoms with Gasteiger partial charge in [0.05, 0.1) is 22.3 Å². The van der Waals surface area contributed by atoms with Crippen LogP contribution in [0.25, 0.3) is 0 Å². The molecule has 2 rings (SSSR count). The molecule has 4 nitrogen and oxygen atoms in total. The molecule has 2 atom stereocenters. The standard InChI is InChI=1S/C16H22N2O2S2/c1-18(15-4-3-5-16(15)21-2)10-11-22(19,20)14-8-6-13(12-17)7-9-14/h6-9,15-16H,3-5,10-11H2,1-2H3/t15-,16+/m1/s1. The fourth-order valence-electron chi connectivity index (χ4n) is 2.97. The minimum atomic E-state index is -3.29. The van der Waals surface area contributed by atoms with E-state index >= 15 is 0 Å². The molecule has 1 aliphatic rings. The van der Waals surface area contributed by atoms with Crippen LogP contribution in [0.5, 0.6) is 0 Å². The van der Waals surface area contributed by atoms with E-state index in [1.807, 2.05) is 24.9 Å². The van der Waals surface area contributed by atoms with E-state index in [9.17, 15) is 8.42 Å². The first-order valence-corrected chi connectivity index (χ1v) is 10.4. The van der Waals surface area contributed by atoms with Crippen molar-refractivity contribution in [2.75, 3.05) is 25.6 Å². The Morgan fingerprint density at radius 1 is 1.32 bits per heavy atom.